The standard InChI is InChI=1S/C20H24N4O3/c1-15-5-3-4-6-19(15)23-11-9-22(10-12-23)14-20(25)21-18-8-7-17(24(26)27)13-16(18)2/h3-8,13H,9-12,14H2,1-2H3,(H,21,25). The Morgan fingerprint density at radius 2 is 1.78 bits per heavy atom. The number of carbonyl (C=O) groups excluding carboxylic acids is 1. The topological polar surface area (TPSA) is 78.7 Å². The van der Waals surface area contributed by atoms with Crippen LogP contribution >= 0.6 is 0 Å². The number of anilines is 2. The summed E-state index contributed by atoms with van der Waals surface area (Å²) in [5.74, 6) is -0.101. The van der Waals surface area contributed by atoms with Crippen LogP contribution in [0.3, 0.4) is 0 Å². The number of nitro benzene ring substituents is 1. The third-order valence-corrected chi connectivity index (χ3v) is 4.89. The molecule has 0 radical (unpaired) electrons. The van der Waals surface area contributed by atoms with Crippen LogP contribution in [0.25, 0.3) is 0 Å². The number of nitro groups is 1. The lowest BCUT2D eigenvalue weighted by molar-refractivity contribution is -0.384. The molecule has 0 bridgehead atoms. The van der Waals surface area contributed by atoms with Crippen LogP contribution in [0.2, 0.25) is 0 Å². The molecule has 0 aliphatic carbocycles. The predicted molar refractivity (Wildman–Crippen MR) is 106 cm³/mol. The molecule has 7 heteroatoms. The summed E-state index contributed by atoms with van der Waals surface area (Å²) in [5.41, 5.74) is 3.84. The van der Waals surface area contributed by atoms with Crippen molar-refractivity contribution >= 4 is 23.0 Å². The van der Waals surface area contributed by atoms with E-state index in [0.29, 0.717) is 17.8 Å². The number of nitrogens with one attached hydrogen (secondary N) is 1. The van der Waals surface area contributed by atoms with Crippen molar-refractivity contribution in [3.05, 3.63) is 63.7 Å². The second kappa shape index (κ2) is 8.18. The first-order valence-electron chi connectivity index (χ1n) is 9.02. The highest BCUT2D eigenvalue weighted by Crippen LogP contribution is 2.22. The number of amides is 1. The summed E-state index contributed by atoms with van der Waals surface area (Å²) in [6.07, 6.45) is 0. The van der Waals surface area contributed by atoms with Crippen molar-refractivity contribution in [1.82, 2.24) is 4.90 Å². The zero-order valence-electron chi connectivity index (χ0n) is 15.6. The van der Waals surface area contributed by atoms with E-state index in [9.17, 15) is 14.9 Å². The summed E-state index contributed by atoms with van der Waals surface area (Å²) in [6, 6.07) is 12.8. The van der Waals surface area contributed by atoms with Gasteiger partial charge in [-0.1, -0.05) is 18.2 Å². The second-order valence-electron chi connectivity index (χ2n) is 6.85. The van der Waals surface area contributed by atoms with Gasteiger partial charge in [0.2, 0.25) is 5.91 Å². The average molecular weight is 368 g/mol. The summed E-state index contributed by atoms with van der Waals surface area (Å²) in [4.78, 5) is 27.2. The van der Waals surface area contributed by atoms with Gasteiger partial charge >= 0.3 is 0 Å². The highest BCUT2D eigenvalue weighted by molar-refractivity contribution is 5.93. The van der Waals surface area contributed by atoms with Crippen LogP contribution in [-0.2, 0) is 4.79 Å². The number of piperazine rings is 1. The van der Waals surface area contributed by atoms with Gasteiger partial charge in [0.25, 0.3) is 5.69 Å². The number of hydrogen-bond acceptors (Lipinski definition) is 5. The number of para-hydroxylation sites is 1. The van der Waals surface area contributed by atoms with Gasteiger partial charge in [-0.05, 0) is 37.1 Å². The molecular formula is C20H24N4O3. The Hall–Kier alpha value is -2.93. The molecule has 2 aromatic rings. The normalized spacial score (nSPS) is 14.8. The smallest absolute Gasteiger partial charge is 0.269 e. The largest absolute Gasteiger partial charge is 0.369 e. The Morgan fingerprint density at radius 1 is 1.07 bits per heavy atom. The van der Waals surface area contributed by atoms with E-state index < -0.39 is 4.92 Å². The number of non-ortho nitro benzene ring substituents is 1. The minimum Gasteiger partial charge on any atom is -0.369 e. The van der Waals surface area contributed by atoms with Gasteiger partial charge in [0, 0.05) is 49.7 Å². The molecule has 1 fully saturated rings. The van der Waals surface area contributed by atoms with Crippen LogP contribution < -0.4 is 10.2 Å². The van der Waals surface area contributed by atoms with E-state index in [1.807, 2.05) is 6.07 Å². The fourth-order valence-corrected chi connectivity index (χ4v) is 3.36. The Bertz CT molecular complexity index is 845. The van der Waals surface area contributed by atoms with Crippen molar-refractivity contribution in [3.8, 4) is 0 Å². The van der Waals surface area contributed by atoms with Crippen molar-refractivity contribution in [3.63, 3.8) is 0 Å². The third kappa shape index (κ3) is 4.62. The van der Waals surface area contributed by atoms with E-state index in [1.54, 1.807) is 13.0 Å². The molecule has 1 aliphatic heterocycles. The molecule has 1 amide bonds. The summed E-state index contributed by atoms with van der Waals surface area (Å²) in [5, 5.41) is 13.7. The van der Waals surface area contributed by atoms with Gasteiger partial charge in [-0.15, -0.1) is 0 Å². The maximum absolute atomic E-state index is 12.4. The lowest BCUT2D eigenvalue weighted by Crippen LogP contribution is -2.48. The van der Waals surface area contributed by atoms with Gasteiger partial charge in [0.1, 0.15) is 0 Å². The Labute approximate surface area is 158 Å². The zero-order chi connectivity index (χ0) is 19.4. The summed E-state index contributed by atoms with van der Waals surface area (Å²) in [7, 11) is 0. The highest BCUT2D eigenvalue weighted by atomic mass is 16.6. The van der Waals surface area contributed by atoms with Crippen LogP contribution in [0.15, 0.2) is 42.5 Å². The Kier molecular flexibility index (Phi) is 5.71. The van der Waals surface area contributed by atoms with Gasteiger partial charge < -0.3 is 10.2 Å². The lowest BCUT2D eigenvalue weighted by atomic mass is 10.1. The summed E-state index contributed by atoms with van der Waals surface area (Å²) >= 11 is 0. The SMILES string of the molecule is Cc1cc([N+](=O)[O-])ccc1NC(=O)CN1CCN(c2ccccc2C)CC1. The molecule has 1 saturated heterocycles. The van der Waals surface area contributed by atoms with Gasteiger partial charge in [-0.3, -0.25) is 19.8 Å². The number of nitrogens with zero attached hydrogens (tertiary/aromatic N) is 3. The van der Waals surface area contributed by atoms with Crippen LogP contribution in [0, 0.1) is 24.0 Å². The van der Waals surface area contributed by atoms with E-state index in [2.05, 4.69) is 40.2 Å². The van der Waals surface area contributed by atoms with E-state index in [0.717, 1.165) is 26.2 Å². The number of carbonyl (C=O) groups is 1. The number of hydrogen-bond donors (Lipinski definition) is 1. The Morgan fingerprint density at radius 3 is 2.41 bits per heavy atom. The van der Waals surface area contributed by atoms with E-state index in [4.69, 9.17) is 0 Å². The molecule has 1 heterocycles. The van der Waals surface area contributed by atoms with Gasteiger partial charge in [-0.25, -0.2) is 0 Å². The second-order valence-corrected chi connectivity index (χ2v) is 6.85. The van der Waals surface area contributed by atoms with Crippen LogP contribution in [0.5, 0.6) is 0 Å². The quantitative estimate of drug-likeness (QED) is 0.648. The monoisotopic (exact) mass is 368 g/mol. The average Bonchev–Trinajstić information content (AvgIpc) is 2.64. The van der Waals surface area contributed by atoms with Gasteiger partial charge in [-0.2, -0.15) is 0 Å². The molecule has 0 spiro atoms. The molecule has 0 atom stereocenters. The van der Waals surface area contributed by atoms with Gasteiger partial charge in [0.05, 0.1) is 11.5 Å². The fourth-order valence-electron chi connectivity index (χ4n) is 3.36. The minimum atomic E-state index is -0.438. The van der Waals surface area contributed by atoms with E-state index >= 15 is 0 Å². The molecule has 1 aliphatic rings. The predicted octanol–water partition coefficient (Wildman–Crippen LogP) is 2.97. The van der Waals surface area contributed by atoms with Crippen LogP contribution in [0.1, 0.15) is 11.1 Å². The molecule has 142 valence electrons. The molecule has 0 aromatic heterocycles. The Balaban J connectivity index is 1.53. The molecule has 2 aromatic carbocycles. The minimum absolute atomic E-state index is 0.0258. The first kappa shape index (κ1) is 18.8. The molecular weight excluding hydrogens is 344 g/mol. The molecule has 0 saturated carbocycles. The van der Waals surface area contributed by atoms with Crippen LogP contribution in [0.4, 0.5) is 17.1 Å². The fraction of sp³-hybridized carbons (Fsp3) is 0.350. The number of rotatable bonds is 5. The van der Waals surface area contributed by atoms with E-state index in [-0.39, 0.29) is 11.6 Å². The highest BCUT2D eigenvalue weighted by Gasteiger charge is 2.20. The van der Waals surface area contributed by atoms with E-state index in [1.165, 1.54) is 23.4 Å². The maximum atomic E-state index is 12.4. The third-order valence-electron chi connectivity index (χ3n) is 4.89. The lowest BCUT2D eigenvalue weighted by Gasteiger charge is -2.36. The summed E-state index contributed by atoms with van der Waals surface area (Å²) < 4.78 is 0. The van der Waals surface area contributed by atoms with Crippen molar-refractivity contribution in [2.45, 2.75) is 13.8 Å². The molecule has 0 unspecified atom stereocenters. The first-order valence-corrected chi connectivity index (χ1v) is 9.02. The number of aryl methyl sites for hydroxylation is 2. The van der Waals surface area contributed by atoms with Crippen molar-refractivity contribution in [2.24, 2.45) is 0 Å². The van der Waals surface area contributed by atoms with Crippen molar-refractivity contribution in [2.75, 3.05) is 42.9 Å². The molecule has 7 nitrogen and oxygen atoms in total. The first-order chi connectivity index (χ1) is 12.9. The maximum Gasteiger partial charge on any atom is 0.269 e. The van der Waals surface area contributed by atoms with Crippen molar-refractivity contribution in [1.29, 1.82) is 0 Å². The zero-order valence-corrected chi connectivity index (χ0v) is 15.6. The molecule has 1 N–H and O–H groups in total. The molecule has 27 heavy (non-hydrogen) atoms. The van der Waals surface area contributed by atoms with Gasteiger partial charge in [0.15, 0.2) is 0 Å². The van der Waals surface area contributed by atoms with Crippen LogP contribution in [-0.4, -0.2) is 48.5 Å². The molecule has 3 rings (SSSR count). The number of benzene rings is 2. The summed E-state index contributed by atoms with van der Waals surface area (Å²) in [6.45, 7) is 7.59. The van der Waals surface area contributed by atoms with Crippen molar-refractivity contribution < 1.29 is 9.72 Å².